The van der Waals surface area contributed by atoms with Crippen LogP contribution in [0.4, 0.5) is 11.4 Å². The molecule has 1 aliphatic rings. The summed E-state index contributed by atoms with van der Waals surface area (Å²) >= 11 is 0. The van der Waals surface area contributed by atoms with Crippen molar-refractivity contribution in [3.05, 3.63) is 65.7 Å². The largest absolute Gasteiger partial charge is 0.372 e. The fourth-order valence-corrected chi connectivity index (χ4v) is 3.78. The molecule has 132 valence electrons. The second kappa shape index (κ2) is 7.77. The van der Waals surface area contributed by atoms with Crippen molar-refractivity contribution in [2.24, 2.45) is 0 Å². The van der Waals surface area contributed by atoms with Gasteiger partial charge in [-0.3, -0.25) is 0 Å². The molecule has 0 N–H and O–H groups in total. The number of hydrogen-bond acceptors (Lipinski definition) is 2. The lowest BCUT2D eigenvalue weighted by molar-refractivity contribution is 0.862. The molecule has 0 aromatic heterocycles. The Kier molecular flexibility index (Phi) is 5.47. The first-order valence-electron chi connectivity index (χ1n) is 9.54. The van der Waals surface area contributed by atoms with E-state index >= 15 is 0 Å². The molecule has 2 aromatic rings. The molecule has 0 aliphatic carbocycles. The molecule has 2 aromatic carbocycles. The van der Waals surface area contributed by atoms with Crippen molar-refractivity contribution in [1.82, 2.24) is 0 Å². The summed E-state index contributed by atoms with van der Waals surface area (Å²) in [6.07, 6.45) is 2.62. The third kappa shape index (κ3) is 3.73. The normalized spacial score (nSPS) is 14.0. The highest BCUT2D eigenvalue weighted by atomic mass is 15.1. The fraction of sp³-hybridized carbons (Fsp3) is 0.391. The first-order chi connectivity index (χ1) is 12.1. The average molecular weight is 335 g/mol. The van der Waals surface area contributed by atoms with Crippen LogP contribution in [0.25, 0.3) is 5.57 Å². The molecule has 1 fully saturated rings. The van der Waals surface area contributed by atoms with Gasteiger partial charge in [0.25, 0.3) is 0 Å². The monoisotopic (exact) mass is 334 g/mol. The summed E-state index contributed by atoms with van der Waals surface area (Å²) in [5, 5.41) is 0. The molecular formula is C23H30N2. The first-order valence-corrected chi connectivity index (χ1v) is 9.54. The summed E-state index contributed by atoms with van der Waals surface area (Å²) in [5.74, 6) is 0. The summed E-state index contributed by atoms with van der Waals surface area (Å²) in [6, 6.07) is 15.6. The van der Waals surface area contributed by atoms with Gasteiger partial charge in [-0.1, -0.05) is 24.8 Å². The van der Waals surface area contributed by atoms with Crippen LogP contribution in [-0.2, 0) is 0 Å². The van der Waals surface area contributed by atoms with Crippen LogP contribution in [0.2, 0.25) is 0 Å². The molecule has 2 nitrogen and oxygen atoms in total. The Bertz CT molecular complexity index is 720. The van der Waals surface area contributed by atoms with Gasteiger partial charge in [0.05, 0.1) is 0 Å². The van der Waals surface area contributed by atoms with Crippen LogP contribution in [0, 0.1) is 6.92 Å². The van der Waals surface area contributed by atoms with Crippen molar-refractivity contribution in [2.75, 3.05) is 36.0 Å². The predicted octanol–water partition coefficient (Wildman–Crippen LogP) is 5.50. The smallest absolute Gasteiger partial charge is 0.0396 e. The van der Waals surface area contributed by atoms with E-state index in [-0.39, 0.29) is 0 Å². The van der Waals surface area contributed by atoms with Gasteiger partial charge in [-0.2, -0.15) is 0 Å². The van der Waals surface area contributed by atoms with E-state index in [9.17, 15) is 0 Å². The van der Waals surface area contributed by atoms with E-state index in [1.165, 1.54) is 54.0 Å². The Hall–Kier alpha value is -2.22. The number of rotatable bonds is 6. The Balaban J connectivity index is 1.79. The number of hydrogen-bond donors (Lipinski definition) is 0. The highest BCUT2D eigenvalue weighted by Crippen LogP contribution is 2.29. The van der Waals surface area contributed by atoms with E-state index in [1.54, 1.807) is 0 Å². The topological polar surface area (TPSA) is 6.48 Å². The van der Waals surface area contributed by atoms with Gasteiger partial charge < -0.3 is 9.80 Å². The number of nitrogens with zero attached hydrogens (tertiary/aromatic N) is 2. The highest BCUT2D eigenvalue weighted by Gasteiger charge is 2.13. The minimum atomic E-state index is 1.04. The molecule has 0 spiro atoms. The standard InChI is InChI=1S/C23H30N2/c1-5-24(6-2)23-14-11-21(17-18(23)3)19(4)20-9-12-22(13-10-20)25-15-7-8-16-25/h9-14,17H,4-8,15-16H2,1-3H3. The summed E-state index contributed by atoms with van der Waals surface area (Å²) in [6.45, 7) is 15.4. The van der Waals surface area contributed by atoms with E-state index in [0.717, 1.165) is 18.7 Å². The van der Waals surface area contributed by atoms with Gasteiger partial charge in [-0.25, -0.2) is 0 Å². The molecule has 3 rings (SSSR count). The average Bonchev–Trinajstić information content (AvgIpc) is 3.18. The van der Waals surface area contributed by atoms with Crippen LogP contribution in [-0.4, -0.2) is 26.2 Å². The zero-order valence-corrected chi connectivity index (χ0v) is 15.9. The maximum atomic E-state index is 4.35. The Morgan fingerprint density at radius 3 is 2.12 bits per heavy atom. The number of benzene rings is 2. The van der Waals surface area contributed by atoms with Crippen molar-refractivity contribution in [1.29, 1.82) is 0 Å². The highest BCUT2D eigenvalue weighted by molar-refractivity contribution is 5.80. The third-order valence-electron chi connectivity index (χ3n) is 5.34. The van der Waals surface area contributed by atoms with Crippen molar-refractivity contribution < 1.29 is 0 Å². The number of anilines is 2. The minimum absolute atomic E-state index is 1.04. The van der Waals surface area contributed by atoms with Crippen LogP contribution in [0.3, 0.4) is 0 Å². The van der Waals surface area contributed by atoms with Gasteiger partial charge in [0.15, 0.2) is 0 Å². The quantitative estimate of drug-likeness (QED) is 0.688. The Morgan fingerprint density at radius 1 is 0.960 bits per heavy atom. The maximum absolute atomic E-state index is 4.35. The maximum Gasteiger partial charge on any atom is 0.0396 e. The second-order valence-electron chi connectivity index (χ2n) is 6.89. The molecule has 1 aliphatic heterocycles. The van der Waals surface area contributed by atoms with Crippen molar-refractivity contribution in [2.45, 2.75) is 33.6 Å². The van der Waals surface area contributed by atoms with Crippen molar-refractivity contribution in [3.8, 4) is 0 Å². The zero-order valence-electron chi connectivity index (χ0n) is 15.9. The molecule has 0 bridgehead atoms. The van der Waals surface area contributed by atoms with E-state index in [2.05, 4.69) is 79.6 Å². The molecule has 0 radical (unpaired) electrons. The van der Waals surface area contributed by atoms with Gasteiger partial charge >= 0.3 is 0 Å². The van der Waals surface area contributed by atoms with Crippen LogP contribution < -0.4 is 9.80 Å². The molecule has 1 heterocycles. The molecule has 25 heavy (non-hydrogen) atoms. The lowest BCUT2D eigenvalue weighted by atomic mass is 9.97. The van der Waals surface area contributed by atoms with Crippen LogP contribution in [0.1, 0.15) is 43.4 Å². The molecule has 0 atom stereocenters. The van der Waals surface area contributed by atoms with Gasteiger partial charge in [-0.15, -0.1) is 0 Å². The lowest BCUT2D eigenvalue weighted by Gasteiger charge is -2.24. The fourth-order valence-electron chi connectivity index (χ4n) is 3.78. The van der Waals surface area contributed by atoms with Crippen LogP contribution >= 0.6 is 0 Å². The Morgan fingerprint density at radius 2 is 1.56 bits per heavy atom. The van der Waals surface area contributed by atoms with E-state index in [4.69, 9.17) is 0 Å². The summed E-state index contributed by atoms with van der Waals surface area (Å²) in [5.41, 5.74) is 7.49. The molecule has 0 unspecified atom stereocenters. The molecule has 0 amide bonds. The van der Waals surface area contributed by atoms with Gasteiger partial charge in [0.2, 0.25) is 0 Å². The molecule has 0 saturated carbocycles. The van der Waals surface area contributed by atoms with Gasteiger partial charge in [-0.05, 0) is 80.1 Å². The van der Waals surface area contributed by atoms with E-state index in [1.807, 2.05) is 0 Å². The number of aryl methyl sites for hydroxylation is 1. The summed E-state index contributed by atoms with van der Waals surface area (Å²) in [7, 11) is 0. The molecular weight excluding hydrogens is 304 g/mol. The lowest BCUT2D eigenvalue weighted by Crippen LogP contribution is -2.22. The predicted molar refractivity (Wildman–Crippen MR) is 111 cm³/mol. The second-order valence-corrected chi connectivity index (χ2v) is 6.89. The molecule has 2 heteroatoms. The Labute approximate surface area is 152 Å². The van der Waals surface area contributed by atoms with Crippen LogP contribution in [0.5, 0.6) is 0 Å². The van der Waals surface area contributed by atoms with Crippen molar-refractivity contribution >= 4 is 16.9 Å². The first kappa shape index (κ1) is 17.6. The minimum Gasteiger partial charge on any atom is -0.372 e. The SMILES string of the molecule is C=C(c1ccc(N2CCCC2)cc1)c1ccc(N(CC)CC)c(C)c1. The summed E-state index contributed by atoms with van der Waals surface area (Å²) in [4.78, 5) is 4.86. The van der Waals surface area contributed by atoms with Gasteiger partial charge in [0.1, 0.15) is 0 Å². The van der Waals surface area contributed by atoms with Gasteiger partial charge in [0, 0.05) is 37.6 Å². The molecule has 1 saturated heterocycles. The van der Waals surface area contributed by atoms with E-state index in [0.29, 0.717) is 0 Å². The summed E-state index contributed by atoms with van der Waals surface area (Å²) < 4.78 is 0. The van der Waals surface area contributed by atoms with E-state index < -0.39 is 0 Å². The zero-order chi connectivity index (χ0) is 17.8. The van der Waals surface area contributed by atoms with Crippen molar-refractivity contribution in [3.63, 3.8) is 0 Å². The third-order valence-corrected chi connectivity index (χ3v) is 5.34. The van der Waals surface area contributed by atoms with Crippen LogP contribution in [0.15, 0.2) is 49.0 Å².